The molecule has 0 aliphatic carbocycles. The SMILES string of the molecule is CC1CCCC(C)N1C(=O)C(=O)Nc1ccccc1F. The van der Waals surface area contributed by atoms with Crippen molar-refractivity contribution < 1.29 is 14.0 Å². The van der Waals surface area contributed by atoms with Gasteiger partial charge in [0.25, 0.3) is 0 Å². The molecule has 5 heteroatoms. The summed E-state index contributed by atoms with van der Waals surface area (Å²) in [6, 6.07) is 5.89. The summed E-state index contributed by atoms with van der Waals surface area (Å²) in [6.45, 7) is 3.87. The van der Waals surface area contributed by atoms with E-state index in [0.717, 1.165) is 19.3 Å². The minimum Gasteiger partial charge on any atom is -0.329 e. The summed E-state index contributed by atoms with van der Waals surface area (Å²) < 4.78 is 13.5. The van der Waals surface area contributed by atoms with E-state index in [1.165, 1.54) is 18.2 Å². The average molecular weight is 278 g/mol. The van der Waals surface area contributed by atoms with Crippen LogP contribution in [0.3, 0.4) is 0 Å². The van der Waals surface area contributed by atoms with Crippen molar-refractivity contribution in [3.05, 3.63) is 30.1 Å². The normalized spacial score (nSPS) is 22.4. The summed E-state index contributed by atoms with van der Waals surface area (Å²) in [5.74, 6) is -1.92. The Kier molecular flexibility index (Phi) is 4.37. The molecule has 2 unspecified atom stereocenters. The van der Waals surface area contributed by atoms with E-state index in [9.17, 15) is 14.0 Å². The number of likely N-dealkylation sites (tertiary alicyclic amines) is 1. The summed E-state index contributed by atoms with van der Waals surface area (Å²) in [4.78, 5) is 25.8. The predicted molar refractivity (Wildman–Crippen MR) is 74.7 cm³/mol. The number of carbonyl (C=O) groups is 2. The molecule has 0 bridgehead atoms. The van der Waals surface area contributed by atoms with Crippen molar-refractivity contribution in [2.75, 3.05) is 5.32 Å². The van der Waals surface area contributed by atoms with Gasteiger partial charge in [-0.2, -0.15) is 0 Å². The Labute approximate surface area is 118 Å². The number of amides is 2. The Morgan fingerprint density at radius 3 is 2.40 bits per heavy atom. The van der Waals surface area contributed by atoms with Crippen LogP contribution < -0.4 is 5.32 Å². The Morgan fingerprint density at radius 1 is 1.20 bits per heavy atom. The maximum Gasteiger partial charge on any atom is 0.314 e. The highest BCUT2D eigenvalue weighted by atomic mass is 19.1. The highest BCUT2D eigenvalue weighted by molar-refractivity contribution is 6.39. The fraction of sp³-hybridized carbons (Fsp3) is 0.467. The van der Waals surface area contributed by atoms with Gasteiger partial charge >= 0.3 is 11.8 Å². The summed E-state index contributed by atoms with van der Waals surface area (Å²) in [5, 5.41) is 2.34. The second-order valence-corrected chi connectivity index (χ2v) is 5.28. The maximum absolute atomic E-state index is 13.5. The van der Waals surface area contributed by atoms with Gasteiger partial charge in [0.15, 0.2) is 0 Å². The Morgan fingerprint density at radius 2 is 1.80 bits per heavy atom. The summed E-state index contributed by atoms with van der Waals surface area (Å²) in [6.07, 6.45) is 2.84. The van der Waals surface area contributed by atoms with Crippen LogP contribution in [0.1, 0.15) is 33.1 Å². The van der Waals surface area contributed by atoms with Gasteiger partial charge in [0.1, 0.15) is 5.82 Å². The molecule has 4 nitrogen and oxygen atoms in total. The number of piperidine rings is 1. The number of nitrogens with one attached hydrogen (secondary N) is 1. The molecule has 2 amide bonds. The lowest BCUT2D eigenvalue weighted by molar-refractivity contribution is -0.147. The van der Waals surface area contributed by atoms with Crippen LogP contribution in [0.15, 0.2) is 24.3 Å². The third kappa shape index (κ3) is 2.98. The van der Waals surface area contributed by atoms with Crippen molar-refractivity contribution in [2.24, 2.45) is 0 Å². The van der Waals surface area contributed by atoms with Crippen LogP contribution in [-0.2, 0) is 9.59 Å². The third-order valence-corrected chi connectivity index (χ3v) is 3.74. The third-order valence-electron chi connectivity index (χ3n) is 3.74. The van der Waals surface area contributed by atoms with E-state index >= 15 is 0 Å². The van der Waals surface area contributed by atoms with Crippen LogP contribution in [-0.4, -0.2) is 28.8 Å². The van der Waals surface area contributed by atoms with E-state index in [2.05, 4.69) is 5.32 Å². The van der Waals surface area contributed by atoms with Crippen LogP contribution in [0.4, 0.5) is 10.1 Å². The zero-order valence-electron chi connectivity index (χ0n) is 11.7. The van der Waals surface area contributed by atoms with Crippen LogP contribution >= 0.6 is 0 Å². The Balaban J connectivity index is 2.09. The highest BCUT2D eigenvalue weighted by Crippen LogP contribution is 2.23. The fourth-order valence-electron chi connectivity index (χ4n) is 2.68. The van der Waals surface area contributed by atoms with Crippen molar-refractivity contribution in [3.63, 3.8) is 0 Å². The lowest BCUT2D eigenvalue weighted by Crippen LogP contribution is -2.51. The quantitative estimate of drug-likeness (QED) is 0.803. The van der Waals surface area contributed by atoms with Crippen molar-refractivity contribution in [1.29, 1.82) is 0 Å². The van der Waals surface area contributed by atoms with Crippen LogP contribution in [0, 0.1) is 5.82 Å². The summed E-state index contributed by atoms with van der Waals surface area (Å²) in [7, 11) is 0. The number of para-hydroxylation sites is 1. The van der Waals surface area contributed by atoms with Crippen molar-refractivity contribution in [2.45, 2.75) is 45.2 Å². The number of nitrogens with zero attached hydrogens (tertiary/aromatic N) is 1. The van der Waals surface area contributed by atoms with Gasteiger partial charge in [0, 0.05) is 12.1 Å². The molecule has 1 aromatic rings. The van der Waals surface area contributed by atoms with Gasteiger partial charge in [0.05, 0.1) is 5.69 Å². The zero-order chi connectivity index (χ0) is 14.7. The Bertz CT molecular complexity index is 508. The smallest absolute Gasteiger partial charge is 0.314 e. The van der Waals surface area contributed by atoms with Gasteiger partial charge in [0.2, 0.25) is 0 Å². The molecular formula is C15H19FN2O2. The molecule has 108 valence electrons. The van der Waals surface area contributed by atoms with Gasteiger partial charge in [-0.05, 0) is 45.2 Å². The Hall–Kier alpha value is -1.91. The number of benzene rings is 1. The minimum atomic E-state index is -0.782. The van der Waals surface area contributed by atoms with E-state index < -0.39 is 17.6 Å². The number of anilines is 1. The standard InChI is InChI=1S/C15H19FN2O2/c1-10-6-5-7-11(2)18(10)15(20)14(19)17-13-9-4-3-8-12(13)16/h3-4,8-11H,5-7H2,1-2H3,(H,17,19). The molecule has 0 saturated carbocycles. The number of hydrogen-bond donors (Lipinski definition) is 1. The molecule has 1 heterocycles. The zero-order valence-corrected chi connectivity index (χ0v) is 11.7. The lowest BCUT2D eigenvalue weighted by atomic mass is 9.97. The molecule has 2 atom stereocenters. The monoisotopic (exact) mass is 278 g/mol. The number of halogens is 1. The molecule has 1 aliphatic heterocycles. The predicted octanol–water partition coefficient (Wildman–Crippen LogP) is 2.55. The number of hydrogen-bond acceptors (Lipinski definition) is 2. The van der Waals surface area contributed by atoms with Gasteiger partial charge in [-0.1, -0.05) is 12.1 Å². The van der Waals surface area contributed by atoms with Gasteiger partial charge < -0.3 is 10.2 Å². The number of carbonyl (C=O) groups excluding carboxylic acids is 2. The molecule has 1 aliphatic rings. The van der Waals surface area contributed by atoms with Crippen LogP contribution in [0.2, 0.25) is 0 Å². The first-order valence-electron chi connectivity index (χ1n) is 6.89. The minimum absolute atomic E-state index is 0.0307. The summed E-state index contributed by atoms with van der Waals surface area (Å²) >= 11 is 0. The van der Waals surface area contributed by atoms with Gasteiger partial charge in [-0.25, -0.2) is 4.39 Å². The van der Waals surface area contributed by atoms with E-state index in [-0.39, 0.29) is 17.8 Å². The van der Waals surface area contributed by atoms with E-state index in [1.807, 2.05) is 13.8 Å². The van der Waals surface area contributed by atoms with Crippen molar-refractivity contribution >= 4 is 17.5 Å². The largest absolute Gasteiger partial charge is 0.329 e. The van der Waals surface area contributed by atoms with E-state index in [0.29, 0.717) is 0 Å². The van der Waals surface area contributed by atoms with E-state index in [4.69, 9.17) is 0 Å². The number of rotatable bonds is 1. The molecule has 2 rings (SSSR count). The molecule has 0 spiro atoms. The molecular weight excluding hydrogens is 259 g/mol. The second kappa shape index (κ2) is 6.03. The fourth-order valence-corrected chi connectivity index (χ4v) is 2.68. The van der Waals surface area contributed by atoms with Crippen molar-refractivity contribution in [3.8, 4) is 0 Å². The molecule has 1 aromatic carbocycles. The second-order valence-electron chi connectivity index (χ2n) is 5.28. The molecule has 1 saturated heterocycles. The van der Waals surface area contributed by atoms with Gasteiger partial charge in [-0.3, -0.25) is 9.59 Å². The molecule has 20 heavy (non-hydrogen) atoms. The van der Waals surface area contributed by atoms with Crippen molar-refractivity contribution in [1.82, 2.24) is 4.90 Å². The maximum atomic E-state index is 13.5. The van der Waals surface area contributed by atoms with Crippen LogP contribution in [0.5, 0.6) is 0 Å². The first-order valence-corrected chi connectivity index (χ1v) is 6.89. The first-order chi connectivity index (χ1) is 9.50. The molecule has 1 N–H and O–H groups in total. The highest BCUT2D eigenvalue weighted by Gasteiger charge is 2.32. The molecule has 1 fully saturated rings. The van der Waals surface area contributed by atoms with Gasteiger partial charge in [-0.15, -0.1) is 0 Å². The first kappa shape index (κ1) is 14.5. The lowest BCUT2D eigenvalue weighted by Gasteiger charge is -2.38. The molecule has 0 radical (unpaired) electrons. The van der Waals surface area contributed by atoms with E-state index in [1.54, 1.807) is 11.0 Å². The summed E-state index contributed by atoms with van der Waals surface area (Å²) in [5.41, 5.74) is 0.0307. The molecule has 0 aromatic heterocycles. The topological polar surface area (TPSA) is 49.4 Å². The average Bonchev–Trinajstić information content (AvgIpc) is 2.41. The van der Waals surface area contributed by atoms with Crippen LogP contribution in [0.25, 0.3) is 0 Å².